The van der Waals surface area contributed by atoms with E-state index in [1.165, 1.54) is 6.07 Å². The lowest BCUT2D eigenvalue weighted by atomic mass is 9.75. The van der Waals surface area contributed by atoms with E-state index >= 15 is 0 Å². The molecule has 4 rings (SSSR count). The standard InChI is InChI=1S/C26H35FN4O2/c1-19(2)18-31-23(14-20-5-3-7-22(27)13-20)15-26(25(31)33)9-11-30(12-10-26)24(32)8-4-6-21-16-28-29-17-21/h3,5,7,13,16-17,19,23H,4,6,8-12,14-15,18H2,1-2H3,(H,28,29)/t23-/m1/s1. The number of H-pyrrole nitrogens is 1. The van der Waals surface area contributed by atoms with Gasteiger partial charge in [-0.15, -0.1) is 0 Å². The minimum atomic E-state index is -0.388. The summed E-state index contributed by atoms with van der Waals surface area (Å²) in [4.78, 5) is 30.3. The molecular weight excluding hydrogens is 419 g/mol. The molecule has 2 aliphatic rings. The number of aromatic nitrogens is 2. The molecule has 6 nitrogen and oxygen atoms in total. The number of hydrogen-bond donors (Lipinski definition) is 1. The van der Waals surface area contributed by atoms with Crippen molar-refractivity contribution < 1.29 is 14.0 Å². The van der Waals surface area contributed by atoms with Crippen LogP contribution in [-0.4, -0.2) is 57.5 Å². The second kappa shape index (κ2) is 10.1. The van der Waals surface area contributed by atoms with Crippen LogP contribution in [0.1, 0.15) is 57.1 Å². The molecule has 7 heteroatoms. The first-order valence-electron chi connectivity index (χ1n) is 12.2. The average molecular weight is 455 g/mol. The number of carbonyl (C=O) groups is 2. The summed E-state index contributed by atoms with van der Waals surface area (Å²) in [6, 6.07) is 6.79. The Morgan fingerprint density at radius 2 is 2.06 bits per heavy atom. The molecular formula is C26H35FN4O2. The van der Waals surface area contributed by atoms with Gasteiger partial charge in [-0.1, -0.05) is 26.0 Å². The number of aromatic amines is 1. The van der Waals surface area contributed by atoms with Crippen molar-refractivity contribution in [1.29, 1.82) is 0 Å². The molecule has 0 unspecified atom stereocenters. The van der Waals surface area contributed by atoms with E-state index in [-0.39, 0.29) is 29.1 Å². The number of amides is 2. The Kier molecular flexibility index (Phi) is 7.15. The van der Waals surface area contributed by atoms with Crippen molar-refractivity contribution in [3.63, 3.8) is 0 Å². The van der Waals surface area contributed by atoms with Crippen LogP contribution in [-0.2, 0) is 22.4 Å². The summed E-state index contributed by atoms with van der Waals surface area (Å²) in [6.45, 7) is 6.25. The fourth-order valence-corrected chi connectivity index (χ4v) is 5.48. The van der Waals surface area contributed by atoms with Gasteiger partial charge < -0.3 is 9.80 Å². The van der Waals surface area contributed by atoms with E-state index < -0.39 is 0 Å². The van der Waals surface area contributed by atoms with Crippen LogP contribution in [0.2, 0.25) is 0 Å². The van der Waals surface area contributed by atoms with Crippen molar-refractivity contribution in [3.05, 3.63) is 53.6 Å². The van der Waals surface area contributed by atoms with Crippen LogP contribution in [0.15, 0.2) is 36.7 Å². The highest BCUT2D eigenvalue weighted by molar-refractivity contribution is 5.86. The zero-order valence-corrected chi connectivity index (χ0v) is 19.7. The number of halogens is 1. The maximum absolute atomic E-state index is 13.7. The number of benzene rings is 1. The Bertz CT molecular complexity index is 951. The first-order chi connectivity index (χ1) is 15.9. The Hall–Kier alpha value is -2.70. The molecule has 1 atom stereocenters. The number of carbonyl (C=O) groups excluding carboxylic acids is 2. The molecule has 2 amide bonds. The Balaban J connectivity index is 1.37. The first-order valence-corrected chi connectivity index (χ1v) is 12.2. The van der Waals surface area contributed by atoms with E-state index in [1.54, 1.807) is 18.3 Å². The average Bonchev–Trinajstić information content (AvgIpc) is 3.37. The van der Waals surface area contributed by atoms with E-state index in [4.69, 9.17) is 0 Å². The van der Waals surface area contributed by atoms with Gasteiger partial charge in [0.15, 0.2) is 0 Å². The second-order valence-electron chi connectivity index (χ2n) is 10.2. The SMILES string of the molecule is CC(C)CN1C(=O)C2(CCN(C(=O)CCCc3cn[nH]c3)CC2)C[C@H]1Cc1cccc(F)c1. The maximum atomic E-state index is 13.7. The highest BCUT2D eigenvalue weighted by Gasteiger charge is 2.52. The monoisotopic (exact) mass is 454 g/mol. The quantitative estimate of drug-likeness (QED) is 0.656. The van der Waals surface area contributed by atoms with Gasteiger partial charge in [-0.05, 0) is 67.7 Å². The number of nitrogens with zero attached hydrogens (tertiary/aromatic N) is 3. The van der Waals surface area contributed by atoms with Gasteiger partial charge in [0, 0.05) is 38.3 Å². The Morgan fingerprint density at radius 1 is 1.27 bits per heavy atom. The smallest absolute Gasteiger partial charge is 0.229 e. The number of piperidine rings is 1. The molecule has 33 heavy (non-hydrogen) atoms. The van der Waals surface area contributed by atoms with Crippen LogP contribution in [0.25, 0.3) is 0 Å². The number of nitrogens with one attached hydrogen (secondary N) is 1. The summed E-state index contributed by atoms with van der Waals surface area (Å²) in [5.74, 6) is 0.538. The molecule has 1 spiro atoms. The van der Waals surface area contributed by atoms with Crippen LogP contribution in [0, 0.1) is 17.2 Å². The molecule has 1 aromatic carbocycles. The van der Waals surface area contributed by atoms with Gasteiger partial charge in [-0.25, -0.2) is 4.39 Å². The van der Waals surface area contributed by atoms with Gasteiger partial charge in [0.25, 0.3) is 0 Å². The molecule has 2 fully saturated rings. The lowest BCUT2D eigenvalue weighted by molar-refractivity contribution is -0.143. The highest BCUT2D eigenvalue weighted by Crippen LogP contribution is 2.45. The molecule has 3 heterocycles. The third kappa shape index (κ3) is 5.45. The van der Waals surface area contributed by atoms with Crippen molar-refractivity contribution in [3.8, 4) is 0 Å². The number of hydrogen-bond acceptors (Lipinski definition) is 3. The summed E-state index contributed by atoms with van der Waals surface area (Å²) in [6.07, 6.45) is 8.72. The third-order valence-corrected chi connectivity index (χ3v) is 7.19. The first kappa shape index (κ1) is 23.5. The minimum Gasteiger partial charge on any atom is -0.343 e. The van der Waals surface area contributed by atoms with Gasteiger partial charge >= 0.3 is 0 Å². The number of aryl methyl sites for hydroxylation is 1. The second-order valence-corrected chi connectivity index (χ2v) is 10.2. The van der Waals surface area contributed by atoms with E-state index in [1.807, 2.05) is 22.1 Å². The summed E-state index contributed by atoms with van der Waals surface area (Å²) < 4.78 is 13.7. The molecule has 0 aliphatic carbocycles. The molecule has 0 saturated carbocycles. The maximum Gasteiger partial charge on any atom is 0.229 e. The Morgan fingerprint density at radius 3 is 2.73 bits per heavy atom. The van der Waals surface area contributed by atoms with E-state index in [2.05, 4.69) is 24.0 Å². The lowest BCUT2D eigenvalue weighted by Crippen LogP contribution is -2.47. The van der Waals surface area contributed by atoms with Crippen LogP contribution >= 0.6 is 0 Å². The van der Waals surface area contributed by atoms with Gasteiger partial charge in [0.05, 0.1) is 11.6 Å². The zero-order chi connectivity index (χ0) is 23.4. The van der Waals surface area contributed by atoms with E-state index in [9.17, 15) is 14.0 Å². The van der Waals surface area contributed by atoms with Crippen LogP contribution < -0.4 is 0 Å². The molecule has 0 bridgehead atoms. The van der Waals surface area contributed by atoms with Crippen molar-refractivity contribution >= 4 is 11.8 Å². The van der Waals surface area contributed by atoms with E-state index in [0.717, 1.165) is 36.9 Å². The zero-order valence-electron chi connectivity index (χ0n) is 19.7. The topological polar surface area (TPSA) is 69.3 Å². The van der Waals surface area contributed by atoms with Crippen molar-refractivity contribution in [2.45, 2.75) is 64.8 Å². The largest absolute Gasteiger partial charge is 0.343 e. The predicted molar refractivity (Wildman–Crippen MR) is 125 cm³/mol. The fraction of sp³-hybridized carbons (Fsp3) is 0.577. The van der Waals surface area contributed by atoms with Crippen LogP contribution in [0.4, 0.5) is 4.39 Å². The fourth-order valence-electron chi connectivity index (χ4n) is 5.48. The summed E-state index contributed by atoms with van der Waals surface area (Å²) >= 11 is 0. The molecule has 2 saturated heterocycles. The molecule has 2 aromatic rings. The molecule has 178 valence electrons. The van der Waals surface area contributed by atoms with Crippen molar-refractivity contribution in [1.82, 2.24) is 20.0 Å². The number of rotatable bonds is 8. The van der Waals surface area contributed by atoms with Gasteiger partial charge in [-0.2, -0.15) is 5.10 Å². The van der Waals surface area contributed by atoms with Gasteiger partial charge in [0.2, 0.25) is 11.8 Å². The third-order valence-electron chi connectivity index (χ3n) is 7.19. The van der Waals surface area contributed by atoms with Crippen LogP contribution in [0.5, 0.6) is 0 Å². The molecule has 2 aliphatic heterocycles. The van der Waals surface area contributed by atoms with Crippen molar-refractivity contribution in [2.75, 3.05) is 19.6 Å². The molecule has 1 aromatic heterocycles. The summed E-state index contributed by atoms with van der Waals surface area (Å²) in [5.41, 5.74) is 1.66. The van der Waals surface area contributed by atoms with E-state index in [0.29, 0.717) is 44.7 Å². The summed E-state index contributed by atoms with van der Waals surface area (Å²) in [5, 5.41) is 6.74. The molecule has 0 radical (unpaired) electrons. The van der Waals surface area contributed by atoms with Crippen LogP contribution in [0.3, 0.4) is 0 Å². The highest BCUT2D eigenvalue weighted by atomic mass is 19.1. The Labute approximate surface area is 195 Å². The summed E-state index contributed by atoms with van der Waals surface area (Å²) in [7, 11) is 0. The van der Waals surface area contributed by atoms with Crippen molar-refractivity contribution in [2.24, 2.45) is 11.3 Å². The minimum absolute atomic E-state index is 0.0823. The van der Waals surface area contributed by atoms with Gasteiger partial charge in [-0.3, -0.25) is 14.7 Å². The predicted octanol–water partition coefficient (Wildman–Crippen LogP) is 3.98. The number of likely N-dealkylation sites (tertiary alicyclic amines) is 2. The lowest BCUT2D eigenvalue weighted by Gasteiger charge is -2.38. The van der Waals surface area contributed by atoms with Gasteiger partial charge in [0.1, 0.15) is 5.82 Å². The normalized spacial score (nSPS) is 20.2. The molecule has 1 N–H and O–H groups in total.